The molecule has 0 aromatic rings. The molecule has 0 unspecified atom stereocenters. The van der Waals surface area contributed by atoms with Crippen molar-refractivity contribution >= 4 is 5.97 Å². The monoisotopic (exact) mass is 265 g/mol. The fraction of sp³-hybridized carbons (Fsp3) is 0.909. The van der Waals surface area contributed by atoms with Crippen LogP contribution in [-0.2, 0) is 23.7 Å². The molecule has 0 spiro atoms. The number of nitrogens with one attached hydrogen (secondary N) is 1. The van der Waals surface area contributed by atoms with Gasteiger partial charge in [0.2, 0.25) is 0 Å². The Morgan fingerprint density at radius 2 is 1.33 bits per heavy atom. The van der Waals surface area contributed by atoms with Crippen molar-refractivity contribution in [1.29, 1.82) is 0 Å². The molecule has 0 atom stereocenters. The first-order valence-electron chi connectivity index (χ1n) is 5.94. The van der Waals surface area contributed by atoms with Crippen LogP contribution in [0, 0.1) is 0 Å². The van der Waals surface area contributed by atoms with Crippen LogP contribution in [0.5, 0.6) is 0 Å². The van der Waals surface area contributed by atoms with E-state index in [1.54, 1.807) is 0 Å². The summed E-state index contributed by atoms with van der Waals surface area (Å²) in [6.45, 7) is 3.95. The van der Waals surface area contributed by atoms with E-state index < -0.39 is 5.97 Å². The summed E-state index contributed by atoms with van der Waals surface area (Å²) in [6, 6.07) is 0. The number of carbonyl (C=O) groups is 1. The number of likely N-dealkylation sites (N-methyl/N-ethyl adjacent to an activating group) is 1. The molecular formula is C11H23NO6. The Kier molecular flexibility index (Phi) is 13.8. The van der Waals surface area contributed by atoms with Gasteiger partial charge in [-0.2, -0.15) is 0 Å². The van der Waals surface area contributed by atoms with Gasteiger partial charge in [0, 0.05) is 6.54 Å². The van der Waals surface area contributed by atoms with Gasteiger partial charge in [0.05, 0.1) is 46.2 Å². The number of hydrogen-bond donors (Lipinski definition) is 2. The van der Waals surface area contributed by atoms with Crippen molar-refractivity contribution in [2.75, 3.05) is 66.4 Å². The zero-order chi connectivity index (χ0) is 13.5. The molecule has 2 N–H and O–H groups in total. The van der Waals surface area contributed by atoms with Crippen LogP contribution in [0.15, 0.2) is 0 Å². The highest BCUT2D eigenvalue weighted by atomic mass is 16.6. The van der Waals surface area contributed by atoms with Crippen LogP contribution in [0.1, 0.15) is 0 Å². The number of carboxylic acids is 1. The third kappa shape index (κ3) is 15.3. The zero-order valence-corrected chi connectivity index (χ0v) is 10.9. The molecule has 108 valence electrons. The SMILES string of the molecule is CNCCOCCOCCOCCOCC(=O)O. The Balaban J connectivity index is 2.92. The van der Waals surface area contributed by atoms with E-state index in [-0.39, 0.29) is 13.2 Å². The second-order valence-electron chi connectivity index (χ2n) is 3.39. The van der Waals surface area contributed by atoms with Crippen LogP contribution in [0.3, 0.4) is 0 Å². The maximum atomic E-state index is 10.1. The largest absolute Gasteiger partial charge is 0.480 e. The molecule has 0 fully saturated rings. The smallest absolute Gasteiger partial charge is 0.329 e. The molecule has 0 aromatic heterocycles. The number of rotatable bonds is 14. The molecule has 7 heteroatoms. The van der Waals surface area contributed by atoms with E-state index in [4.69, 9.17) is 24.1 Å². The summed E-state index contributed by atoms with van der Waals surface area (Å²) in [7, 11) is 1.87. The van der Waals surface area contributed by atoms with E-state index in [2.05, 4.69) is 5.32 Å². The Bertz CT molecular complexity index is 190. The van der Waals surface area contributed by atoms with Crippen LogP contribution in [-0.4, -0.2) is 77.5 Å². The Labute approximate surface area is 107 Å². The summed E-state index contributed by atoms with van der Waals surface area (Å²) in [5.41, 5.74) is 0. The van der Waals surface area contributed by atoms with E-state index in [0.717, 1.165) is 6.54 Å². The number of hydrogen-bond acceptors (Lipinski definition) is 6. The van der Waals surface area contributed by atoms with Crippen molar-refractivity contribution < 1.29 is 28.8 Å². The van der Waals surface area contributed by atoms with Gasteiger partial charge < -0.3 is 29.4 Å². The van der Waals surface area contributed by atoms with Gasteiger partial charge in [0.25, 0.3) is 0 Å². The maximum Gasteiger partial charge on any atom is 0.329 e. The summed E-state index contributed by atoms with van der Waals surface area (Å²) < 4.78 is 20.5. The van der Waals surface area contributed by atoms with Gasteiger partial charge in [-0.15, -0.1) is 0 Å². The molecular weight excluding hydrogens is 242 g/mol. The first-order valence-corrected chi connectivity index (χ1v) is 5.94. The van der Waals surface area contributed by atoms with Crippen molar-refractivity contribution in [3.05, 3.63) is 0 Å². The number of aliphatic carboxylic acids is 1. The fourth-order valence-electron chi connectivity index (χ4n) is 0.993. The lowest BCUT2D eigenvalue weighted by Gasteiger charge is -2.06. The minimum atomic E-state index is -0.975. The summed E-state index contributed by atoms with van der Waals surface area (Å²) in [5.74, 6) is -0.975. The lowest BCUT2D eigenvalue weighted by atomic mass is 10.6. The van der Waals surface area contributed by atoms with Crippen molar-refractivity contribution in [3.8, 4) is 0 Å². The Morgan fingerprint density at radius 3 is 1.78 bits per heavy atom. The third-order valence-electron chi connectivity index (χ3n) is 1.84. The summed E-state index contributed by atoms with van der Waals surface area (Å²) in [6.07, 6.45) is 0. The number of carboxylic acid groups (broad SMARTS) is 1. The average molecular weight is 265 g/mol. The Hall–Kier alpha value is -0.730. The van der Waals surface area contributed by atoms with Crippen molar-refractivity contribution in [1.82, 2.24) is 5.32 Å². The highest BCUT2D eigenvalue weighted by molar-refractivity contribution is 5.67. The van der Waals surface area contributed by atoms with Gasteiger partial charge in [0.15, 0.2) is 0 Å². The first kappa shape index (κ1) is 17.3. The molecule has 0 saturated heterocycles. The molecule has 0 bridgehead atoms. The van der Waals surface area contributed by atoms with E-state index in [9.17, 15) is 4.79 Å². The van der Waals surface area contributed by atoms with Crippen LogP contribution in [0.4, 0.5) is 0 Å². The van der Waals surface area contributed by atoms with Crippen LogP contribution in [0.25, 0.3) is 0 Å². The van der Waals surface area contributed by atoms with E-state index in [0.29, 0.717) is 39.6 Å². The van der Waals surface area contributed by atoms with Gasteiger partial charge in [-0.25, -0.2) is 4.79 Å². The molecule has 18 heavy (non-hydrogen) atoms. The predicted octanol–water partition coefficient (Wildman–Crippen LogP) is -0.643. The molecule has 0 saturated carbocycles. The van der Waals surface area contributed by atoms with Crippen LogP contribution >= 0.6 is 0 Å². The second-order valence-corrected chi connectivity index (χ2v) is 3.39. The second kappa shape index (κ2) is 14.3. The molecule has 0 aliphatic rings. The highest BCUT2D eigenvalue weighted by Crippen LogP contribution is 1.82. The zero-order valence-electron chi connectivity index (χ0n) is 10.9. The van der Waals surface area contributed by atoms with E-state index in [1.165, 1.54) is 0 Å². The number of ether oxygens (including phenoxy) is 4. The molecule has 0 aromatic carbocycles. The normalized spacial score (nSPS) is 10.7. The quantitative estimate of drug-likeness (QED) is 0.404. The molecule has 0 aliphatic heterocycles. The Morgan fingerprint density at radius 1 is 0.889 bits per heavy atom. The lowest BCUT2D eigenvalue weighted by Crippen LogP contribution is -2.17. The van der Waals surface area contributed by atoms with E-state index >= 15 is 0 Å². The molecule has 0 heterocycles. The molecule has 7 nitrogen and oxygen atoms in total. The van der Waals surface area contributed by atoms with Crippen LogP contribution in [0.2, 0.25) is 0 Å². The van der Waals surface area contributed by atoms with Crippen molar-refractivity contribution in [2.45, 2.75) is 0 Å². The third-order valence-corrected chi connectivity index (χ3v) is 1.84. The standard InChI is InChI=1S/C11H23NO6/c1-12-2-3-15-4-5-16-6-7-17-8-9-18-10-11(13)14/h12H,2-10H2,1H3,(H,13,14). The molecule has 0 rings (SSSR count). The van der Waals surface area contributed by atoms with Gasteiger partial charge in [-0.3, -0.25) is 0 Å². The van der Waals surface area contributed by atoms with Gasteiger partial charge >= 0.3 is 5.97 Å². The van der Waals surface area contributed by atoms with Crippen LogP contribution < -0.4 is 5.32 Å². The summed E-state index contributed by atoms with van der Waals surface area (Å²) in [5, 5.41) is 11.3. The first-order chi connectivity index (χ1) is 8.77. The topological polar surface area (TPSA) is 86.3 Å². The van der Waals surface area contributed by atoms with Crippen molar-refractivity contribution in [2.24, 2.45) is 0 Å². The molecule has 0 aliphatic carbocycles. The van der Waals surface area contributed by atoms with Gasteiger partial charge in [-0.1, -0.05) is 0 Å². The minimum absolute atomic E-state index is 0.277. The lowest BCUT2D eigenvalue weighted by molar-refractivity contribution is -0.142. The van der Waals surface area contributed by atoms with Gasteiger partial charge in [0.1, 0.15) is 6.61 Å². The highest BCUT2D eigenvalue weighted by Gasteiger charge is 1.96. The minimum Gasteiger partial charge on any atom is -0.480 e. The maximum absolute atomic E-state index is 10.1. The molecule has 0 radical (unpaired) electrons. The predicted molar refractivity (Wildman–Crippen MR) is 64.8 cm³/mol. The fourth-order valence-corrected chi connectivity index (χ4v) is 0.993. The summed E-state index contributed by atoms with van der Waals surface area (Å²) in [4.78, 5) is 10.1. The van der Waals surface area contributed by atoms with E-state index in [1.807, 2.05) is 7.05 Å². The summed E-state index contributed by atoms with van der Waals surface area (Å²) >= 11 is 0. The van der Waals surface area contributed by atoms with Crippen molar-refractivity contribution in [3.63, 3.8) is 0 Å². The van der Waals surface area contributed by atoms with Gasteiger partial charge in [-0.05, 0) is 7.05 Å². The molecule has 0 amide bonds. The average Bonchev–Trinajstić information content (AvgIpc) is 2.34.